The first-order chi connectivity index (χ1) is 20.8. The van der Waals surface area contributed by atoms with Crippen LogP contribution in [0.4, 0.5) is 14.5 Å². The molecule has 2 amide bonds. The first-order valence-electron chi connectivity index (χ1n) is 13.9. The molecule has 0 aliphatic carbocycles. The summed E-state index contributed by atoms with van der Waals surface area (Å²) in [5, 5.41) is 8.71. The molecule has 11 heteroatoms. The van der Waals surface area contributed by atoms with Crippen LogP contribution < -0.4 is 30.2 Å². The average Bonchev–Trinajstić information content (AvgIpc) is 2.99. The number of halogens is 2. The van der Waals surface area contributed by atoms with Crippen LogP contribution in [0.3, 0.4) is 0 Å². The third kappa shape index (κ3) is 7.55. The van der Waals surface area contributed by atoms with Crippen LogP contribution in [0.1, 0.15) is 24.0 Å². The van der Waals surface area contributed by atoms with Gasteiger partial charge >= 0.3 is 11.8 Å². The zero-order valence-corrected chi connectivity index (χ0v) is 23.8. The third-order valence-electron chi connectivity index (χ3n) is 7.09. The first-order valence-corrected chi connectivity index (χ1v) is 13.9. The van der Waals surface area contributed by atoms with Crippen LogP contribution in [0.15, 0.2) is 60.8 Å². The van der Waals surface area contributed by atoms with E-state index in [9.17, 15) is 14.0 Å². The summed E-state index contributed by atoms with van der Waals surface area (Å²) in [6, 6.07) is 13.3. The molecule has 0 spiro atoms. The van der Waals surface area contributed by atoms with Crippen molar-refractivity contribution in [3.8, 4) is 23.0 Å². The Morgan fingerprint density at radius 2 is 1.77 bits per heavy atom. The molecule has 1 aliphatic rings. The van der Waals surface area contributed by atoms with E-state index in [1.807, 2.05) is 0 Å². The molecule has 43 heavy (non-hydrogen) atoms. The highest BCUT2D eigenvalue weighted by Gasteiger charge is 2.18. The molecule has 3 aromatic carbocycles. The molecule has 2 heterocycles. The summed E-state index contributed by atoms with van der Waals surface area (Å²) in [6.45, 7) is 4.20. The minimum atomic E-state index is -0.994. The molecule has 1 saturated heterocycles. The molecular weight excluding hydrogens is 558 g/mol. The lowest BCUT2D eigenvalue weighted by molar-refractivity contribution is -0.136. The van der Waals surface area contributed by atoms with Crippen LogP contribution in [0, 0.1) is 24.5 Å². The summed E-state index contributed by atoms with van der Waals surface area (Å²) < 4.78 is 46.2. The van der Waals surface area contributed by atoms with E-state index in [1.165, 1.54) is 24.3 Å². The maximum atomic E-state index is 15.0. The molecule has 224 valence electrons. The molecule has 1 fully saturated rings. The number of anilines is 1. The van der Waals surface area contributed by atoms with Crippen molar-refractivity contribution in [2.24, 2.45) is 5.92 Å². The van der Waals surface area contributed by atoms with Crippen molar-refractivity contribution in [1.29, 1.82) is 0 Å². The molecular formula is C32H32F2N4O5. The van der Waals surface area contributed by atoms with Crippen molar-refractivity contribution in [2.75, 3.05) is 32.1 Å². The molecule has 0 bridgehead atoms. The fraction of sp³-hybridized carbons (Fsp3) is 0.281. The number of pyridine rings is 1. The van der Waals surface area contributed by atoms with Gasteiger partial charge in [-0.2, -0.15) is 0 Å². The Bertz CT molecular complexity index is 1620. The van der Waals surface area contributed by atoms with E-state index in [1.54, 1.807) is 44.5 Å². The number of carbonyl (C=O) groups excluding carboxylic acids is 2. The van der Waals surface area contributed by atoms with Crippen molar-refractivity contribution in [1.82, 2.24) is 15.6 Å². The number of carbonyl (C=O) groups is 2. The number of ether oxygens (including phenoxy) is 3. The maximum Gasteiger partial charge on any atom is 0.313 e. The van der Waals surface area contributed by atoms with E-state index < -0.39 is 23.4 Å². The number of aryl methyl sites for hydroxylation is 1. The fourth-order valence-corrected chi connectivity index (χ4v) is 4.89. The summed E-state index contributed by atoms with van der Waals surface area (Å²) in [5.41, 5.74) is 1.84. The molecule has 1 aromatic heterocycles. The molecule has 0 unspecified atom stereocenters. The Labute approximate surface area is 247 Å². The second-order valence-electron chi connectivity index (χ2n) is 10.4. The van der Waals surface area contributed by atoms with E-state index in [0.29, 0.717) is 51.8 Å². The summed E-state index contributed by atoms with van der Waals surface area (Å²) in [6.07, 6.45) is 3.64. The number of fused-ring (bicyclic) bond motifs is 1. The number of amides is 2. The highest BCUT2D eigenvalue weighted by atomic mass is 19.1. The van der Waals surface area contributed by atoms with Crippen molar-refractivity contribution < 1.29 is 32.6 Å². The van der Waals surface area contributed by atoms with Crippen molar-refractivity contribution in [3.05, 3.63) is 83.6 Å². The highest BCUT2D eigenvalue weighted by molar-refractivity contribution is 6.39. The SMILES string of the molecule is COc1cc2c(Oc3ccc(NC(=O)C(=O)NCc4cc(C)cc(F)c4)cc3F)ccnc2cc1OCC1CCNCC1. The minimum absolute atomic E-state index is 0.0392. The molecule has 1 aliphatic heterocycles. The second-order valence-corrected chi connectivity index (χ2v) is 10.4. The fourth-order valence-electron chi connectivity index (χ4n) is 4.89. The zero-order chi connectivity index (χ0) is 30.3. The Morgan fingerprint density at radius 1 is 0.953 bits per heavy atom. The normalized spacial score (nSPS) is 13.4. The highest BCUT2D eigenvalue weighted by Crippen LogP contribution is 2.38. The van der Waals surface area contributed by atoms with Crippen LogP contribution >= 0.6 is 0 Å². The number of hydrogen-bond acceptors (Lipinski definition) is 7. The van der Waals surface area contributed by atoms with Gasteiger partial charge in [0.1, 0.15) is 11.6 Å². The second kappa shape index (κ2) is 13.5. The Kier molecular flexibility index (Phi) is 9.31. The van der Waals surface area contributed by atoms with Crippen molar-refractivity contribution >= 4 is 28.4 Å². The van der Waals surface area contributed by atoms with Gasteiger partial charge in [0.25, 0.3) is 0 Å². The van der Waals surface area contributed by atoms with Crippen LogP contribution in [-0.4, -0.2) is 43.6 Å². The molecule has 5 rings (SSSR count). The molecule has 0 radical (unpaired) electrons. The topological polar surface area (TPSA) is 111 Å². The third-order valence-corrected chi connectivity index (χ3v) is 7.09. The van der Waals surface area contributed by atoms with Gasteiger partial charge < -0.3 is 30.2 Å². The molecule has 3 N–H and O–H groups in total. The standard InChI is InChI=1S/C32H32F2N4O5/c1-19-11-21(13-22(33)12-19)17-37-31(39)32(40)38-23-3-4-28(25(34)14-23)43-27-7-10-36-26-16-30(29(41-2)15-24(26)27)42-18-20-5-8-35-9-6-20/h3-4,7,10-16,20,35H,5-6,8-9,17-18H2,1-2H3,(H,37,39)(H,38,40). The van der Waals surface area contributed by atoms with Gasteiger partial charge in [-0.05, 0) is 86.3 Å². The van der Waals surface area contributed by atoms with Gasteiger partial charge in [-0.15, -0.1) is 0 Å². The van der Waals surface area contributed by atoms with Crippen LogP contribution in [0.25, 0.3) is 10.9 Å². The lowest BCUT2D eigenvalue weighted by Gasteiger charge is -2.23. The monoisotopic (exact) mass is 590 g/mol. The smallest absolute Gasteiger partial charge is 0.313 e. The minimum Gasteiger partial charge on any atom is -0.493 e. The molecule has 0 atom stereocenters. The van der Waals surface area contributed by atoms with E-state index in [-0.39, 0.29) is 18.0 Å². The van der Waals surface area contributed by atoms with Crippen molar-refractivity contribution in [2.45, 2.75) is 26.3 Å². The average molecular weight is 591 g/mol. The van der Waals surface area contributed by atoms with Crippen LogP contribution in [0.2, 0.25) is 0 Å². The predicted octanol–water partition coefficient (Wildman–Crippen LogP) is 5.26. The van der Waals surface area contributed by atoms with Gasteiger partial charge in [0, 0.05) is 35.9 Å². The number of benzene rings is 3. The quantitative estimate of drug-likeness (QED) is 0.228. The largest absolute Gasteiger partial charge is 0.493 e. The summed E-state index contributed by atoms with van der Waals surface area (Å²) in [4.78, 5) is 29.0. The Balaban J connectivity index is 1.24. The summed E-state index contributed by atoms with van der Waals surface area (Å²) in [7, 11) is 1.55. The number of piperidine rings is 1. The molecule has 0 saturated carbocycles. The number of nitrogens with one attached hydrogen (secondary N) is 3. The van der Waals surface area contributed by atoms with Gasteiger partial charge in [0.15, 0.2) is 23.1 Å². The lowest BCUT2D eigenvalue weighted by Crippen LogP contribution is -2.35. The van der Waals surface area contributed by atoms with Gasteiger partial charge in [-0.3, -0.25) is 14.6 Å². The predicted molar refractivity (Wildman–Crippen MR) is 157 cm³/mol. The number of rotatable bonds is 9. The maximum absolute atomic E-state index is 15.0. The zero-order valence-electron chi connectivity index (χ0n) is 23.8. The number of nitrogens with zero attached hydrogens (tertiary/aromatic N) is 1. The Hall–Kier alpha value is -4.77. The van der Waals surface area contributed by atoms with Gasteiger partial charge in [-0.1, -0.05) is 6.07 Å². The number of hydrogen-bond donors (Lipinski definition) is 3. The molecule has 9 nitrogen and oxygen atoms in total. The van der Waals surface area contributed by atoms with Crippen LogP contribution in [0.5, 0.6) is 23.0 Å². The summed E-state index contributed by atoms with van der Waals surface area (Å²) >= 11 is 0. The first kappa shape index (κ1) is 29.7. The van der Waals surface area contributed by atoms with E-state index >= 15 is 4.39 Å². The van der Waals surface area contributed by atoms with Gasteiger partial charge in [-0.25, -0.2) is 8.78 Å². The van der Waals surface area contributed by atoms with E-state index in [0.717, 1.165) is 32.0 Å². The summed E-state index contributed by atoms with van der Waals surface area (Å²) in [5.74, 6) is -1.36. The van der Waals surface area contributed by atoms with E-state index in [2.05, 4.69) is 20.9 Å². The Morgan fingerprint density at radius 3 is 2.51 bits per heavy atom. The number of aromatic nitrogens is 1. The van der Waals surface area contributed by atoms with Crippen molar-refractivity contribution in [3.63, 3.8) is 0 Å². The van der Waals surface area contributed by atoms with Gasteiger partial charge in [0.05, 0.1) is 19.2 Å². The van der Waals surface area contributed by atoms with Gasteiger partial charge in [0.2, 0.25) is 0 Å². The van der Waals surface area contributed by atoms with E-state index in [4.69, 9.17) is 14.2 Å². The lowest BCUT2D eigenvalue weighted by atomic mass is 9.99. The molecule has 4 aromatic rings. The van der Waals surface area contributed by atoms with Crippen LogP contribution in [-0.2, 0) is 16.1 Å². The number of methoxy groups -OCH3 is 1.